The average molecular weight is 348 g/mol. The molecule has 0 saturated carbocycles. The first-order valence-electron chi connectivity index (χ1n) is 6.72. The quantitative estimate of drug-likeness (QED) is 0.644. The van der Waals surface area contributed by atoms with Crippen molar-refractivity contribution in [2.24, 2.45) is 0 Å². The Bertz CT molecular complexity index is 924. The second-order valence-corrected chi connectivity index (χ2v) is 6.42. The molecule has 0 aliphatic heterocycles. The van der Waals surface area contributed by atoms with Gasteiger partial charge in [0.05, 0.1) is 4.88 Å². The van der Waals surface area contributed by atoms with E-state index in [1.54, 1.807) is 16.7 Å². The van der Waals surface area contributed by atoms with Crippen molar-refractivity contribution in [3.8, 4) is 9.88 Å². The lowest BCUT2D eigenvalue weighted by Gasteiger charge is -2.02. The fourth-order valence-corrected chi connectivity index (χ4v) is 3.53. The summed E-state index contributed by atoms with van der Waals surface area (Å²) in [6.45, 7) is 0.278. The van der Waals surface area contributed by atoms with Crippen molar-refractivity contribution in [1.29, 1.82) is 0 Å². The molecule has 0 spiro atoms. The third-order valence-electron chi connectivity index (χ3n) is 3.04. The first kappa shape index (κ1) is 15.4. The standard InChI is InChI=1S/C14H12N4O3S2/c19-11-8(6-16-14(21)18-11)3-4-15-12(20)9-7-23-13(17-9)10-2-1-5-22-10/h1-2,5-7H,3-4H2,(H,15,20)(H2,16,18,19,21). The summed E-state index contributed by atoms with van der Waals surface area (Å²) in [5, 5.41) is 7.18. The van der Waals surface area contributed by atoms with Gasteiger partial charge in [-0.2, -0.15) is 0 Å². The number of thiophene rings is 1. The highest BCUT2D eigenvalue weighted by molar-refractivity contribution is 7.20. The van der Waals surface area contributed by atoms with E-state index in [0.717, 1.165) is 9.88 Å². The van der Waals surface area contributed by atoms with Crippen LogP contribution < -0.4 is 16.6 Å². The van der Waals surface area contributed by atoms with Crippen molar-refractivity contribution in [2.45, 2.75) is 6.42 Å². The topological polar surface area (TPSA) is 108 Å². The number of aromatic nitrogens is 3. The molecule has 0 radical (unpaired) electrons. The zero-order chi connectivity index (χ0) is 16.2. The highest BCUT2D eigenvalue weighted by Crippen LogP contribution is 2.27. The zero-order valence-electron chi connectivity index (χ0n) is 11.8. The van der Waals surface area contributed by atoms with Crippen LogP contribution in [0.3, 0.4) is 0 Å². The first-order valence-corrected chi connectivity index (χ1v) is 8.48. The maximum absolute atomic E-state index is 12.0. The predicted octanol–water partition coefficient (Wildman–Crippen LogP) is 1.22. The number of hydrogen-bond donors (Lipinski definition) is 3. The van der Waals surface area contributed by atoms with Gasteiger partial charge in [-0.15, -0.1) is 22.7 Å². The molecule has 3 rings (SSSR count). The number of carbonyl (C=O) groups excluding carboxylic acids is 1. The summed E-state index contributed by atoms with van der Waals surface area (Å²) in [5.74, 6) is -0.287. The molecule has 9 heteroatoms. The van der Waals surface area contributed by atoms with Crippen LogP contribution in [0, 0.1) is 0 Å². The van der Waals surface area contributed by atoms with Gasteiger partial charge < -0.3 is 10.3 Å². The highest BCUT2D eigenvalue weighted by atomic mass is 32.1. The smallest absolute Gasteiger partial charge is 0.325 e. The Labute approximate surface area is 138 Å². The number of rotatable bonds is 5. The van der Waals surface area contributed by atoms with Crippen LogP contribution in [0.5, 0.6) is 0 Å². The van der Waals surface area contributed by atoms with Crippen LogP contribution in [-0.2, 0) is 6.42 Å². The Morgan fingerprint density at radius 3 is 2.91 bits per heavy atom. The molecular formula is C14H12N4O3S2. The summed E-state index contributed by atoms with van der Waals surface area (Å²) in [6.07, 6.45) is 1.67. The van der Waals surface area contributed by atoms with Gasteiger partial charge in [0.2, 0.25) is 0 Å². The molecule has 7 nitrogen and oxygen atoms in total. The summed E-state index contributed by atoms with van der Waals surface area (Å²) >= 11 is 2.98. The minimum Gasteiger partial charge on any atom is -0.350 e. The van der Waals surface area contributed by atoms with Crippen molar-refractivity contribution in [2.75, 3.05) is 6.54 Å². The van der Waals surface area contributed by atoms with Gasteiger partial charge in [0.25, 0.3) is 11.5 Å². The van der Waals surface area contributed by atoms with Gasteiger partial charge in [0.15, 0.2) is 0 Å². The van der Waals surface area contributed by atoms with Crippen LogP contribution in [0.15, 0.2) is 38.7 Å². The molecule has 3 aromatic rings. The average Bonchev–Trinajstić information content (AvgIpc) is 3.20. The minimum atomic E-state index is -0.550. The Kier molecular flexibility index (Phi) is 4.49. The number of amides is 1. The molecule has 0 unspecified atom stereocenters. The predicted molar refractivity (Wildman–Crippen MR) is 89.1 cm³/mol. The number of nitrogens with one attached hydrogen (secondary N) is 3. The molecule has 23 heavy (non-hydrogen) atoms. The number of H-pyrrole nitrogens is 2. The van der Waals surface area contributed by atoms with Crippen molar-refractivity contribution < 1.29 is 4.79 Å². The largest absolute Gasteiger partial charge is 0.350 e. The third-order valence-corrected chi connectivity index (χ3v) is 4.93. The van der Waals surface area contributed by atoms with Gasteiger partial charge in [-0.1, -0.05) is 6.07 Å². The second-order valence-electron chi connectivity index (χ2n) is 4.62. The Balaban J connectivity index is 1.59. The van der Waals surface area contributed by atoms with Gasteiger partial charge in [0.1, 0.15) is 10.7 Å². The van der Waals surface area contributed by atoms with E-state index in [4.69, 9.17) is 0 Å². The number of hydrogen-bond acceptors (Lipinski definition) is 6. The fourth-order valence-electron chi connectivity index (χ4n) is 1.92. The van der Waals surface area contributed by atoms with Crippen LogP contribution in [0.1, 0.15) is 16.1 Å². The maximum atomic E-state index is 12.0. The van der Waals surface area contributed by atoms with Crippen molar-refractivity contribution in [3.63, 3.8) is 0 Å². The summed E-state index contributed by atoms with van der Waals surface area (Å²) in [7, 11) is 0. The number of nitrogens with zero attached hydrogens (tertiary/aromatic N) is 1. The van der Waals surface area contributed by atoms with Gasteiger partial charge >= 0.3 is 5.69 Å². The van der Waals surface area contributed by atoms with E-state index in [2.05, 4.69) is 20.3 Å². The summed E-state index contributed by atoms with van der Waals surface area (Å²) in [5.41, 5.74) is -0.237. The van der Waals surface area contributed by atoms with Gasteiger partial charge in [-0.25, -0.2) is 9.78 Å². The monoisotopic (exact) mass is 348 g/mol. The SMILES string of the molecule is O=C(NCCc1c[nH]c(=O)[nH]c1=O)c1csc(-c2cccs2)n1. The molecule has 0 saturated heterocycles. The van der Waals surface area contributed by atoms with Crippen molar-refractivity contribution in [3.05, 3.63) is 61.2 Å². The first-order chi connectivity index (χ1) is 11.1. The molecule has 118 valence electrons. The molecule has 3 N–H and O–H groups in total. The summed E-state index contributed by atoms with van der Waals surface area (Å²) in [6, 6.07) is 3.89. The number of aromatic amines is 2. The van der Waals surface area contributed by atoms with Gasteiger partial charge in [-0.3, -0.25) is 14.6 Å². The zero-order valence-corrected chi connectivity index (χ0v) is 13.4. The maximum Gasteiger partial charge on any atom is 0.325 e. The van der Waals surface area contributed by atoms with E-state index >= 15 is 0 Å². The van der Waals surface area contributed by atoms with Gasteiger partial charge in [0, 0.05) is 23.7 Å². The van der Waals surface area contributed by atoms with Crippen LogP contribution in [-0.4, -0.2) is 27.4 Å². The summed E-state index contributed by atoms with van der Waals surface area (Å²) < 4.78 is 0. The summed E-state index contributed by atoms with van der Waals surface area (Å²) in [4.78, 5) is 44.4. The molecule has 0 fully saturated rings. The lowest BCUT2D eigenvalue weighted by molar-refractivity contribution is 0.0950. The van der Waals surface area contributed by atoms with Crippen LogP contribution in [0.25, 0.3) is 9.88 Å². The highest BCUT2D eigenvalue weighted by Gasteiger charge is 2.12. The molecule has 0 bridgehead atoms. The van der Waals surface area contributed by atoms with E-state index in [0.29, 0.717) is 17.7 Å². The molecule has 0 aliphatic rings. The van der Waals surface area contributed by atoms with Crippen LogP contribution in [0.4, 0.5) is 0 Å². The van der Waals surface area contributed by atoms with E-state index in [1.807, 2.05) is 17.5 Å². The molecule has 0 atom stereocenters. The fraction of sp³-hybridized carbons (Fsp3) is 0.143. The number of carbonyl (C=O) groups is 1. The lowest BCUT2D eigenvalue weighted by Crippen LogP contribution is -2.30. The van der Waals surface area contributed by atoms with E-state index in [1.165, 1.54) is 17.5 Å². The Morgan fingerprint density at radius 1 is 1.30 bits per heavy atom. The minimum absolute atomic E-state index is 0.278. The van der Waals surface area contributed by atoms with Crippen LogP contribution >= 0.6 is 22.7 Å². The lowest BCUT2D eigenvalue weighted by atomic mass is 10.2. The Morgan fingerprint density at radius 2 is 2.17 bits per heavy atom. The molecule has 0 aliphatic carbocycles. The van der Waals surface area contributed by atoms with Gasteiger partial charge in [-0.05, 0) is 17.9 Å². The van der Waals surface area contributed by atoms with E-state index in [-0.39, 0.29) is 12.5 Å². The third kappa shape index (κ3) is 3.63. The second kappa shape index (κ2) is 6.71. The van der Waals surface area contributed by atoms with E-state index in [9.17, 15) is 14.4 Å². The molecular weight excluding hydrogens is 336 g/mol. The molecule has 1 amide bonds. The van der Waals surface area contributed by atoms with Crippen molar-refractivity contribution >= 4 is 28.6 Å². The van der Waals surface area contributed by atoms with E-state index < -0.39 is 11.2 Å². The number of thiazole rings is 1. The molecule has 3 heterocycles. The Hall–Kier alpha value is -2.52. The molecule has 0 aromatic carbocycles. The molecule has 3 aromatic heterocycles. The van der Waals surface area contributed by atoms with Crippen molar-refractivity contribution in [1.82, 2.24) is 20.3 Å². The van der Waals surface area contributed by atoms with Crippen LogP contribution in [0.2, 0.25) is 0 Å². The normalized spacial score (nSPS) is 10.6.